The summed E-state index contributed by atoms with van der Waals surface area (Å²) in [7, 11) is 0. The van der Waals surface area contributed by atoms with Crippen molar-refractivity contribution in [3.05, 3.63) is 33.4 Å². The molecule has 0 aromatic heterocycles. The average molecular weight is 359 g/mol. The van der Waals surface area contributed by atoms with Crippen LogP contribution in [-0.2, 0) is 11.2 Å². The monoisotopic (exact) mass is 359 g/mol. The summed E-state index contributed by atoms with van der Waals surface area (Å²) in [5.41, 5.74) is 7.27. The van der Waals surface area contributed by atoms with Crippen LogP contribution in [0, 0.1) is 8.99 Å². The summed E-state index contributed by atoms with van der Waals surface area (Å²) in [5, 5.41) is 0. The van der Waals surface area contributed by atoms with Crippen molar-refractivity contribution in [1.29, 1.82) is 0 Å². The fraction of sp³-hybridized carbons (Fsp3) is 0.533. The highest BCUT2D eigenvalue weighted by molar-refractivity contribution is 14.1. The first kappa shape index (κ1) is 15.6. The van der Waals surface area contributed by atoms with E-state index in [0.717, 1.165) is 12.0 Å². The lowest BCUT2D eigenvalue weighted by molar-refractivity contribution is -0.118. The fourth-order valence-electron chi connectivity index (χ4n) is 2.05. The van der Waals surface area contributed by atoms with Crippen LogP contribution >= 0.6 is 22.6 Å². The normalized spacial score (nSPS) is 13.4. The number of nitrogens with two attached hydrogens (primary N) is 1. The van der Waals surface area contributed by atoms with E-state index < -0.39 is 0 Å². The van der Waals surface area contributed by atoms with Gasteiger partial charge < -0.3 is 5.73 Å². The quantitative estimate of drug-likeness (QED) is 0.817. The van der Waals surface area contributed by atoms with E-state index >= 15 is 0 Å². The topological polar surface area (TPSA) is 43.1 Å². The maximum Gasteiger partial charge on any atom is 0.138 e. The van der Waals surface area contributed by atoms with Crippen LogP contribution in [0.3, 0.4) is 0 Å². The first-order valence-electron chi connectivity index (χ1n) is 6.28. The van der Waals surface area contributed by atoms with E-state index in [4.69, 9.17) is 5.73 Å². The van der Waals surface area contributed by atoms with Gasteiger partial charge in [0.15, 0.2) is 0 Å². The second-order valence-corrected chi connectivity index (χ2v) is 7.32. The van der Waals surface area contributed by atoms with Crippen molar-refractivity contribution in [3.8, 4) is 0 Å². The van der Waals surface area contributed by atoms with Gasteiger partial charge >= 0.3 is 0 Å². The number of Topliss-reactive ketones (excluding diaryl/α,β-unsaturated/α-hetero) is 1. The highest BCUT2D eigenvalue weighted by atomic mass is 127. The maximum atomic E-state index is 11.9. The highest BCUT2D eigenvalue weighted by Crippen LogP contribution is 2.21. The van der Waals surface area contributed by atoms with E-state index in [9.17, 15) is 4.79 Å². The highest BCUT2D eigenvalue weighted by Gasteiger charge is 2.18. The minimum absolute atomic E-state index is 0.0265. The molecule has 0 aliphatic heterocycles. The van der Waals surface area contributed by atoms with Gasteiger partial charge in [-0.25, -0.2) is 0 Å². The molecule has 100 valence electrons. The Bertz CT molecular complexity index is 392. The summed E-state index contributed by atoms with van der Waals surface area (Å²) < 4.78 is 1.19. The number of hydrogen-bond acceptors (Lipinski definition) is 2. The van der Waals surface area contributed by atoms with Crippen LogP contribution in [0.1, 0.15) is 39.2 Å². The Balaban J connectivity index is 2.44. The van der Waals surface area contributed by atoms with Gasteiger partial charge in [0.1, 0.15) is 5.78 Å². The molecule has 0 aliphatic carbocycles. The third-order valence-corrected chi connectivity index (χ3v) is 3.40. The number of carbonyl (C=O) groups excluding carboxylic acids is 1. The molecule has 2 N–H and O–H groups in total. The smallest absolute Gasteiger partial charge is 0.138 e. The lowest BCUT2D eigenvalue weighted by Gasteiger charge is -2.22. The van der Waals surface area contributed by atoms with Crippen LogP contribution in [-0.4, -0.2) is 11.8 Å². The molecule has 0 bridgehead atoms. The Labute approximate surface area is 123 Å². The lowest BCUT2D eigenvalue weighted by atomic mass is 9.86. The summed E-state index contributed by atoms with van der Waals surface area (Å²) in [5.74, 6) is 0.230. The molecular weight excluding hydrogens is 337 g/mol. The molecule has 2 nitrogen and oxygen atoms in total. The molecular formula is C15H22INO. The Morgan fingerprint density at radius 3 is 2.33 bits per heavy atom. The lowest BCUT2D eigenvalue weighted by Crippen LogP contribution is -2.29. The zero-order valence-electron chi connectivity index (χ0n) is 11.4. The first-order chi connectivity index (χ1) is 8.26. The van der Waals surface area contributed by atoms with E-state index in [1.807, 2.05) is 24.3 Å². The molecule has 0 radical (unpaired) electrons. The first-order valence-corrected chi connectivity index (χ1v) is 7.36. The van der Waals surface area contributed by atoms with Gasteiger partial charge in [-0.15, -0.1) is 0 Å². The largest absolute Gasteiger partial charge is 0.327 e. The molecule has 0 aliphatic rings. The summed E-state index contributed by atoms with van der Waals surface area (Å²) in [6.45, 7) is 6.45. The molecule has 1 rings (SSSR count). The van der Waals surface area contributed by atoms with Crippen molar-refractivity contribution in [3.63, 3.8) is 0 Å². The van der Waals surface area contributed by atoms with Gasteiger partial charge in [0.05, 0.1) is 0 Å². The van der Waals surface area contributed by atoms with Crippen molar-refractivity contribution < 1.29 is 4.79 Å². The molecule has 0 amide bonds. The van der Waals surface area contributed by atoms with Crippen LogP contribution in [0.2, 0.25) is 0 Å². The average Bonchev–Trinajstić information content (AvgIpc) is 2.18. The van der Waals surface area contributed by atoms with Crippen molar-refractivity contribution in [2.24, 2.45) is 11.1 Å². The van der Waals surface area contributed by atoms with Crippen LogP contribution in [0.15, 0.2) is 24.3 Å². The Hall–Kier alpha value is -0.420. The van der Waals surface area contributed by atoms with E-state index in [0.29, 0.717) is 12.8 Å². The number of hydrogen-bond donors (Lipinski definition) is 1. The van der Waals surface area contributed by atoms with Gasteiger partial charge in [0.25, 0.3) is 0 Å². The standard InChI is InChI=1S/C15H22INO/c1-15(2,3)10-13(17)9-14(18)8-11-4-6-12(16)7-5-11/h4-7,13H,8-10,17H2,1-3H3. The molecule has 0 saturated carbocycles. The molecule has 0 fully saturated rings. The third kappa shape index (κ3) is 6.50. The number of halogens is 1. The van der Waals surface area contributed by atoms with Crippen LogP contribution in [0.4, 0.5) is 0 Å². The summed E-state index contributed by atoms with van der Waals surface area (Å²) >= 11 is 2.26. The molecule has 1 atom stereocenters. The van der Waals surface area contributed by atoms with Gasteiger partial charge in [-0.05, 0) is 52.1 Å². The molecule has 1 unspecified atom stereocenters. The number of carbonyl (C=O) groups is 1. The van der Waals surface area contributed by atoms with Crippen molar-refractivity contribution in [2.45, 2.75) is 46.1 Å². The van der Waals surface area contributed by atoms with E-state index in [-0.39, 0.29) is 17.2 Å². The maximum absolute atomic E-state index is 11.9. The zero-order chi connectivity index (χ0) is 13.8. The zero-order valence-corrected chi connectivity index (χ0v) is 13.5. The Morgan fingerprint density at radius 1 is 1.28 bits per heavy atom. The number of ketones is 1. The summed E-state index contributed by atoms with van der Waals surface area (Å²) in [4.78, 5) is 11.9. The van der Waals surface area contributed by atoms with Crippen LogP contribution in [0.25, 0.3) is 0 Å². The molecule has 1 aromatic rings. The minimum Gasteiger partial charge on any atom is -0.327 e. The Morgan fingerprint density at radius 2 is 1.83 bits per heavy atom. The van der Waals surface area contributed by atoms with Crippen molar-refractivity contribution in [1.82, 2.24) is 0 Å². The van der Waals surface area contributed by atoms with Gasteiger partial charge in [-0.1, -0.05) is 32.9 Å². The SMILES string of the molecule is CC(C)(C)CC(N)CC(=O)Cc1ccc(I)cc1. The minimum atomic E-state index is -0.0265. The van der Waals surface area contributed by atoms with Gasteiger partial charge in [0.2, 0.25) is 0 Å². The number of benzene rings is 1. The molecule has 18 heavy (non-hydrogen) atoms. The molecule has 3 heteroatoms. The van der Waals surface area contributed by atoms with Crippen LogP contribution in [0.5, 0.6) is 0 Å². The molecule has 0 saturated heterocycles. The molecule has 0 spiro atoms. The van der Waals surface area contributed by atoms with E-state index in [1.54, 1.807) is 0 Å². The van der Waals surface area contributed by atoms with Crippen molar-refractivity contribution >= 4 is 28.4 Å². The van der Waals surface area contributed by atoms with Gasteiger partial charge in [-0.3, -0.25) is 4.79 Å². The fourth-order valence-corrected chi connectivity index (χ4v) is 2.41. The predicted octanol–water partition coefficient (Wildman–Crippen LogP) is 3.56. The number of rotatable bonds is 5. The third-order valence-electron chi connectivity index (χ3n) is 2.68. The van der Waals surface area contributed by atoms with Crippen molar-refractivity contribution in [2.75, 3.05) is 0 Å². The van der Waals surface area contributed by atoms with E-state index in [2.05, 4.69) is 43.4 Å². The molecule has 1 aromatic carbocycles. The van der Waals surface area contributed by atoms with Crippen LogP contribution < -0.4 is 5.73 Å². The predicted molar refractivity (Wildman–Crippen MR) is 84.5 cm³/mol. The van der Waals surface area contributed by atoms with Gasteiger partial charge in [-0.2, -0.15) is 0 Å². The second kappa shape index (κ2) is 6.66. The van der Waals surface area contributed by atoms with E-state index in [1.165, 1.54) is 3.57 Å². The summed E-state index contributed by atoms with van der Waals surface area (Å²) in [6, 6.07) is 8.04. The molecule has 0 heterocycles. The second-order valence-electron chi connectivity index (χ2n) is 6.07. The Kier molecular flexibility index (Phi) is 5.79. The van der Waals surface area contributed by atoms with Gasteiger partial charge in [0, 0.05) is 22.5 Å². The summed E-state index contributed by atoms with van der Waals surface area (Å²) in [6.07, 6.45) is 1.85.